The number of thiazole rings is 1. The largest absolute Gasteiger partial charge is 0.481 e. The van der Waals surface area contributed by atoms with Gasteiger partial charge in [-0.2, -0.15) is 0 Å². The maximum Gasteiger partial charge on any atom is 0.304 e. The highest BCUT2D eigenvalue weighted by atomic mass is 32.2. The van der Waals surface area contributed by atoms with Crippen LogP contribution in [0.4, 0.5) is 5.13 Å². The van der Waals surface area contributed by atoms with Crippen LogP contribution in [0.3, 0.4) is 0 Å². The Balaban J connectivity index is 2.60. The summed E-state index contributed by atoms with van der Waals surface area (Å²) in [6.45, 7) is 1.80. The van der Waals surface area contributed by atoms with Crippen LogP contribution in [0, 0.1) is 6.92 Å². The summed E-state index contributed by atoms with van der Waals surface area (Å²) in [5.74, 6) is -1.59. The lowest BCUT2D eigenvalue weighted by molar-refractivity contribution is -0.136. The van der Waals surface area contributed by atoms with Gasteiger partial charge in [0, 0.05) is 11.1 Å². The van der Waals surface area contributed by atoms with E-state index < -0.39 is 28.2 Å². The molecule has 1 aromatic rings. The predicted molar refractivity (Wildman–Crippen MR) is 56.5 cm³/mol. The predicted octanol–water partition coefficient (Wildman–Crippen LogP) is 0.668. The molecule has 8 heteroatoms. The lowest BCUT2D eigenvalue weighted by atomic mass is 10.5. The van der Waals surface area contributed by atoms with E-state index in [4.69, 9.17) is 5.11 Å². The molecule has 0 aliphatic carbocycles. The van der Waals surface area contributed by atoms with Gasteiger partial charge in [-0.15, -0.1) is 11.3 Å². The fraction of sp³-hybridized carbons (Fsp3) is 0.429. The van der Waals surface area contributed by atoms with E-state index >= 15 is 0 Å². The minimum absolute atomic E-state index is 0.262. The zero-order chi connectivity index (χ0) is 11.5. The van der Waals surface area contributed by atoms with Crippen molar-refractivity contribution in [3.63, 3.8) is 0 Å². The molecule has 1 rings (SSSR count). The Kier molecular flexibility index (Phi) is 3.64. The van der Waals surface area contributed by atoms with Gasteiger partial charge >= 0.3 is 5.97 Å². The number of rotatable bonds is 5. The molecule has 0 fully saturated rings. The first-order valence-corrected chi connectivity index (χ1v) is 6.50. The second kappa shape index (κ2) is 4.58. The maximum absolute atomic E-state index is 11.3. The second-order valence-corrected chi connectivity index (χ2v) is 5.92. The molecule has 84 valence electrons. The number of nitrogens with one attached hydrogen (secondary N) is 1. The molecule has 0 radical (unpaired) electrons. The van der Waals surface area contributed by atoms with E-state index in [1.807, 2.05) is 0 Å². The number of sulfonamides is 1. The molecule has 0 spiro atoms. The highest BCUT2D eigenvalue weighted by molar-refractivity contribution is 7.92. The van der Waals surface area contributed by atoms with Crippen LogP contribution >= 0.6 is 11.3 Å². The smallest absolute Gasteiger partial charge is 0.304 e. The number of aliphatic carboxylic acids is 1. The van der Waals surface area contributed by atoms with Crippen LogP contribution < -0.4 is 4.72 Å². The first kappa shape index (κ1) is 11.9. The lowest BCUT2D eigenvalue weighted by Gasteiger charge is -2.02. The van der Waals surface area contributed by atoms with Gasteiger partial charge in [0.2, 0.25) is 10.0 Å². The van der Waals surface area contributed by atoms with Crippen molar-refractivity contribution in [1.82, 2.24) is 4.98 Å². The average Bonchev–Trinajstić information content (AvgIpc) is 2.47. The van der Waals surface area contributed by atoms with Crippen LogP contribution in [-0.4, -0.2) is 30.2 Å². The highest BCUT2D eigenvalue weighted by Gasteiger charge is 2.14. The average molecular weight is 250 g/mol. The summed E-state index contributed by atoms with van der Waals surface area (Å²) in [4.78, 5) is 14.9. The second-order valence-electron chi connectivity index (χ2n) is 2.84. The van der Waals surface area contributed by atoms with Gasteiger partial charge in [-0.25, -0.2) is 13.4 Å². The number of anilines is 1. The van der Waals surface area contributed by atoms with Crippen molar-refractivity contribution in [3.05, 3.63) is 11.1 Å². The summed E-state index contributed by atoms with van der Waals surface area (Å²) >= 11 is 1.20. The highest BCUT2D eigenvalue weighted by Crippen LogP contribution is 2.17. The van der Waals surface area contributed by atoms with Gasteiger partial charge in [-0.05, 0) is 6.92 Å². The number of carboxylic acid groups (broad SMARTS) is 1. The van der Waals surface area contributed by atoms with E-state index in [9.17, 15) is 13.2 Å². The molecule has 0 bridgehead atoms. The van der Waals surface area contributed by atoms with Gasteiger partial charge in [0.15, 0.2) is 5.13 Å². The Morgan fingerprint density at radius 2 is 2.33 bits per heavy atom. The maximum atomic E-state index is 11.3. The Labute approximate surface area is 91.0 Å². The Morgan fingerprint density at radius 1 is 1.67 bits per heavy atom. The van der Waals surface area contributed by atoms with Crippen molar-refractivity contribution < 1.29 is 18.3 Å². The van der Waals surface area contributed by atoms with E-state index in [0.717, 1.165) is 4.88 Å². The van der Waals surface area contributed by atoms with Crippen molar-refractivity contribution in [2.24, 2.45) is 0 Å². The van der Waals surface area contributed by atoms with Crippen molar-refractivity contribution in [1.29, 1.82) is 0 Å². The zero-order valence-electron chi connectivity index (χ0n) is 7.93. The Hall–Kier alpha value is -1.15. The van der Waals surface area contributed by atoms with Crippen molar-refractivity contribution in [3.8, 4) is 0 Å². The van der Waals surface area contributed by atoms with Gasteiger partial charge in [-0.3, -0.25) is 9.52 Å². The molecular weight excluding hydrogens is 240 g/mol. The molecule has 0 saturated heterocycles. The van der Waals surface area contributed by atoms with E-state index in [0.29, 0.717) is 0 Å². The molecule has 0 amide bonds. The van der Waals surface area contributed by atoms with Gasteiger partial charge in [0.1, 0.15) is 0 Å². The van der Waals surface area contributed by atoms with E-state index in [1.54, 1.807) is 13.1 Å². The van der Waals surface area contributed by atoms with Crippen molar-refractivity contribution in [2.75, 3.05) is 10.5 Å². The summed E-state index contributed by atoms with van der Waals surface area (Å²) in [6.07, 6.45) is 1.12. The quantitative estimate of drug-likeness (QED) is 0.800. The third-order valence-electron chi connectivity index (χ3n) is 1.45. The van der Waals surface area contributed by atoms with Crippen LogP contribution in [0.5, 0.6) is 0 Å². The SMILES string of the molecule is Cc1cnc(NS(=O)(=O)CCC(=O)O)s1. The normalized spacial score (nSPS) is 11.3. The third kappa shape index (κ3) is 4.26. The lowest BCUT2D eigenvalue weighted by Crippen LogP contribution is -2.18. The third-order valence-corrected chi connectivity index (χ3v) is 3.65. The van der Waals surface area contributed by atoms with Gasteiger partial charge in [-0.1, -0.05) is 0 Å². The molecule has 0 aliphatic heterocycles. The summed E-state index contributed by atoms with van der Waals surface area (Å²) < 4.78 is 24.8. The topological polar surface area (TPSA) is 96.4 Å². The van der Waals surface area contributed by atoms with Gasteiger partial charge < -0.3 is 5.11 Å². The molecule has 0 atom stereocenters. The number of hydrogen-bond donors (Lipinski definition) is 2. The molecule has 15 heavy (non-hydrogen) atoms. The fourth-order valence-corrected chi connectivity index (χ4v) is 2.74. The minimum atomic E-state index is -3.60. The van der Waals surface area contributed by atoms with Crippen LogP contribution in [0.25, 0.3) is 0 Å². The first-order chi connectivity index (χ1) is 6.89. The van der Waals surface area contributed by atoms with Crippen molar-refractivity contribution >= 4 is 32.5 Å². The number of carboxylic acids is 1. The minimum Gasteiger partial charge on any atom is -0.481 e. The molecule has 0 unspecified atom stereocenters. The number of hydrogen-bond acceptors (Lipinski definition) is 5. The summed E-state index contributed by atoms with van der Waals surface area (Å²) in [5.41, 5.74) is 0. The van der Waals surface area contributed by atoms with Crippen LogP contribution in [-0.2, 0) is 14.8 Å². The molecule has 0 aliphatic rings. The monoisotopic (exact) mass is 250 g/mol. The summed E-state index contributed by atoms with van der Waals surface area (Å²) in [7, 11) is -3.60. The first-order valence-electron chi connectivity index (χ1n) is 4.04. The Bertz CT molecular complexity index is 451. The number of nitrogens with zero attached hydrogens (tertiary/aromatic N) is 1. The van der Waals surface area contributed by atoms with E-state index in [1.165, 1.54) is 11.3 Å². The molecule has 6 nitrogen and oxygen atoms in total. The van der Waals surface area contributed by atoms with E-state index in [-0.39, 0.29) is 5.13 Å². The summed E-state index contributed by atoms with van der Waals surface area (Å²) in [6, 6.07) is 0. The molecule has 0 aromatic carbocycles. The molecule has 0 saturated carbocycles. The van der Waals surface area contributed by atoms with Gasteiger partial charge in [0.25, 0.3) is 0 Å². The molecule has 1 heterocycles. The number of aromatic nitrogens is 1. The zero-order valence-corrected chi connectivity index (χ0v) is 9.56. The van der Waals surface area contributed by atoms with Gasteiger partial charge in [0.05, 0.1) is 12.2 Å². The summed E-state index contributed by atoms with van der Waals surface area (Å²) in [5, 5.41) is 8.60. The van der Waals surface area contributed by atoms with Crippen LogP contribution in [0.2, 0.25) is 0 Å². The Morgan fingerprint density at radius 3 is 2.80 bits per heavy atom. The fourth-order valence-electron chi connectivity index (χ4n) is 0.808. The molecule has 1 aromatic heterocycles. The van der Waals surface area contributed by atoms with Crippen LogP contribution in [0.15, 0.2) is 6.20 Å². The van der Waals surface area contributed by atoms with Crippen molar-refractivity contribution in [2.45, 2.75) is 13.3 Å². The number of aryl methyl sites for hydroxylation is 1. The standard InChI is InChI=1S/C7H10N2O4S2/c1-5-4-8-7(14-5)9-15(12,13)3-2-6(10)11/h4H,2-3H2,1H3,(H,8,9)(H,10,11). The molecule has 2 N–H and O–H groups in total. The van der Waals surface area contributed by atoms with Crippen LogP contribution in [0.1, 0.15) is 11.3 Å². The molecular formula is C7H10N2O4S2. The number of carbonyl (C=O) groups is 1. The van der Waals surface area contributed by atoms with E-state index in [2.05, 4.69) is 9.71 Å².